The molecule has 1 unspecified atom stereocenters. The average Bonchev–Trinajstić information content (AvgIpc) is 2.42. The second kappa shape index (κ2) is 7.08. The molecule has 0 radical (unpaired) electrons. The number of piperidine rings is 1. The predicted molar refractivity (Wildman–Crippen MR) is 78.9 cm³/mol. The van der Waals surface area contributed by atoms with E-state index in [-0.39, 0.29) is 0 Å². The van der Waals surface area contributed by atoms with Gasteiger partial charge in [0.1, 0.15) is 5.82 Å². The Morgan fingerprint density at radius 3 is 3.16 bits per heavy atom. The molecule has 0 aliphatic carbocycles. The highest BCUT2D eigenvalue weighted by Crippen LogP contribution is 2.24. The molecule has 1 N–H and O–H groups in total. The summed E-state index contributed by atoms with van der Waals surface area (Å²) in [6, 6.07) is 2.08. The number of halogens is 1. The molecule has 19 heavy (non-hydrogen) atoms. The molecule has 1 aliphatic heterocycles. The Bertz CT molecular complexity index is 412. The van der Waals surface area contributed by atoms with Gasteiger partial charge in [-0.05, 0) is 38.4 Å². The molecule has 2 rings (SSSR count). The third-order valence-corrected chi connectivity index (χ3v) is 3.73. The van der Waals surface area contributed by atoms with E-state index in [1.807, 2.05) is 14.0 Å². The van der Waals surface area contributed by atoms with Crippen molar-refractivity contribution in [3.05, 3.63) is 22.8 Å². The minimum atomic E-state index is 0.323. The fraction of sp³-hybridized carbons (Fsp3) is 0.643. The van der Waals surface area contributed by atoms with E-state index in [1.165, 1.54) is 0 Å². The van der Waals surface area contributed by atoms with Gasteiger partial charge in [0.25, 0.3) is 0 Å². The zero-order valence-corrected chi connectivity index (χ0v) is 12.4. The first kappa shape index (κ1) is 14.6. The van der Waals surface area contributed by atoms with Gasteiger partial charge >= 0.3 is 0 Å². The number of nitrogens with one attached hydrogen (secondary N) is 1. The molecule has 1 saturated heterocycles. The van der Waals surface area contributed by atoms with Gasteiger partial charge in [-0.1, -0.05) is 11.6 Å². The van der Waals surface area contributed by atoms with E-state index in [1.54, 1.807) is 6.20 Å². The van der Waals surface area contributed by atoms with Gasteiger partial charge in [-0.15, -0.1) is 0 Å². The molecule has 0 spiro atoms. The van der Waals surface area contributed by atoms with Gasteiger partial charge in [0.15, 0.2) is 0 Å². The Kier molecular flexibility index (Phi) is 5.43. The Hall–Kier alpha value is -0.840. The summed E-state index contributed by atoms with van der Waals surface area (Å²) >= 11 is 6.15. The van der Waals surface area contributed by atoms with Crippen molar-refractivity contribution >= 4 is 17.4 Å². The van der Waals surface area contributed by atoms with Gasteiger partial charge in [0.2, 0.25) is 0 Å². The number of hydrogen-bond acceptors (Lipinski definition) is 4. The maximum absolute atomic E-state index is 6.15. The number of hydrogen-bond donors (Lipinski definition) is 1. The summed E-state index contributed by atoms with van der Waals surface area (Å²) in [6.07, 6.45) is 4.36. The minimum absolute atomic E-state index is 0.323. The number of pyridine rings is 1. The van der Waals surface area contributed by atoms with Gasteiger partial charge < -0.3 is 15.0 Å². The summed E-state index contributed by atoms with van der Waals surface area (Å²) in [6.45, 7) is 5.54. The Balaban J connectivity index is 2.10. The van der Waals surface area contributed by atoms with Crippen LogP contribution in [0.5, 0.6) is 0 Å². The van der Waals surface area contributed by atoms with E-state index in [0.717, 1.165) is 55.5 Å². The molecule has 0 aromatic carbocycles. The predicted octanol–water partition coefficient (Wildman–Crippen LogP) is 2.46. The summed E-state index contributed by atoms with van der Waals surface area (Å²) in [5, 5.41) is 3.85. The molecule has 1 fully saturated rings. The highest BCUT2D eigenvalue weighted by molar-refractivity contribution is 6.31. The van der Waals surface area contributed by atoms with Crippen molar-refractivity contribution in [2.45, 2.75) is 32.4 Å². The first-order valence-electron chi connectivity index (χ1n) is 6.90. The lowest BCUT2D eigenvalue weighted by molar-refractivity contribution is 0.0525. The summed E-state index contributed by atoms with van der Waals surface area (Å²) in [5.74, 6) is 0.999. The zero-order chi connectivity index (χ0) is 13.7. The van der Waals surface area contributed by atoms with Crippen LogP contribution in [0.3, 0.4) is 0 Å². The lowest BCUT2D eigenvalue weighted by atomic mass is 10.1. The van der Waals surface area contributed by atoms with Crippen molar-refractivity contribution in [3.8, 4) is 0 Å². The summed E-state index contributed by atoms with van der Waals surface area (Å²) in [5.41, 5.74) is 1.09. The number of nitrogens with zero attached hydrogens (tertiary/aromatic N) is 2. The van der Waals surface area contributed by atoms with Crippen LogP contribution in [0.25, 0.3) is 0 Å². The average molecular weight is 284 g/mol. The second-order valence-electron chi connectivity index (χ2n) is 4.83. The summed E-state index contributed by atoms with van der Waals surface area (Å²) in [7, 11) is 1.92. The Labute approximate surface area is 120 Å². The molecule has 1 aromatic heterocycles. The van der Waals surface area contributed by atoms with Crippen molar-refractivity contribution in [1.82, 2.24) is 10.3 Å². The quantitative estimate of drug-likeness (QED) is 0.901. The van der Waals surface area contributed by atoms with Gasteiger partial charge in [-0.3, -0.25) is 0 Å². The number of rotatable bonds is 5. The van der Waals surface area contributed by atoms with Crippen LogP contribution in [0.4, 0.5) is 5.82 Å². The van der Waals surface area contributed by atoms with E-state index in [9.17, 15) is 0 Å². The standard InChI is InChI=1S/C14H22ClN3O/c1-3-19-12-5-4-6-18(10-12)14-7-11(8-16-2)13(15)9-17-14/h7,9,12,16H,3-6,8,10H2,1-2H3. The van der Waals surface area contributed by atoms with Crippen molar-refractivity contribution in [3.63, 3.8) is 0 Å². The minimum Gasteiger partial charge on any atom is -0.377 e. The third kappa shape index (κ3) is 3.81. The molecule has 0 saturated carbocycles. The van der Waals surface area contributed by atoms with E-state index >= 15 is 0 Å². The molecule has 106 valence electrons. The molecule has 0 bridgehead atoms. The van der Waals surface area contributed by atoms with Crippen molar-refractivity contribution in [1.29, 1.82) is 0 Å². The largest absolute Gasteiger partial charge is 0.377 e. The van der Waals surface area contributed by atoms with E-state index < -0.39 is 0 Å². The van der Waals surface area contributed by atoms with Crippen LogP contribution in [-0.2, 0) is 11.3 Å². The van der Waals surface area contributed by atoms with E-state index in [2.05, 4.69) is 21.3 Å². The molecule has 2 heterocycles. The van der Waals surface area contributed by atoms with Crippen molar-refractivity contribution in [2.24, 2.45) is 0 Å². The lowest BCUT2D eigenvalue weighted by Crippen LogP contribution is -2.40. The van der Waals surface area contributed by atoms with Gasteiger partial charge in [-0.2, -0.15) is 0 Å². The van der Waals surface area contributed by atoms with Crippen LogP contribution in [-0.4, -0.2) is 37.8 Å². The Morgan fingerprint density at radius 2 is 2.42 bits per heavy atom. The molecule has 4 nitrogen and oxygen atoms in total. The van der Waals surface area contributed by atoms with Crippen LogP contribution >= 0.6 is 11.6 Å². The maximum Gasteiger partial charge on any atom is 0.128 e. The first-order chi connectivity index (χ1) is 9.24. The highest BCUT2D eigenvalue weighted by Gasteiger charge is 2.21. The van der Waals surface area contributed by atoms with Crippen molar-refractivity contribution in [2.75, 3.05) is 31.6 Å². The molecular weight excluding hydrogens is 262 g/mol. The van der Waals surface area contributed by atoms with Gasteiger partial charge in [0.05, 0.1) is 11.1 Å². The maximum atomic E-state index is 6.15. The van der Waals surface area contributed by atoms with Crippen LogP contribution in [0, 0.1) is 0 Å². The SMILES string of the molecule is CCOC1CCCN(c2cc(CNC)c(Cl)cn2)C1. The topological polar surface area (TPSA) is 37.4 Å². The Morgan fingerprint density at radius 1 is 1.58 bits per heavy atom. The fourth-order valence-corrected chi connectivity index (χ4v) is 2.65. The van der Waals surface area contributed by atoms with Crippen LogP contribution in [0.1, 0.15) is 25.3 Å². The molecule has 5 heteroatoms. The zero-order valence-electron chi connectivity index (χ0n) is 11.7. The summed E-state index contributed by atoms with van der Waals surface area (Å²) < 4.78 is 5.73. The molecule has 1 aliphatic rings. The van der Waals surface area contributed by atoms with E-state index in [0.29, 0.717) is 6.10 Å². The molecule has 0 amide bonds. The number of anilines is 1. The van der Waals surface area contributed by atoms with Crippen LogP contribution < -0.4 is 10.2 Å². The van der Waals surface area contributed by atoms with Gasteiger partial charge in [-0.25, -0.2) is 4.98 Å². The fourth-order valence-electron chi connectivity index (χ4n) is 2.48. The molecule has 1 atom stereocenters. The van der Waals surface area contributed by atoms with Crippen LogP contribution in [0.15, 0.2) is 12.3 Å². The summed E-state index contributed by atoms with van der Waals surface area (Å²) in [4.78, 5) is 6.74. The van der Waals surface area contributed by atoms with Crippen LogP contribution in [0.2, 0.25) is 5.02 Å². The molecule has 1 aromatic rings. The second-order valence-corrected chi connectivity index (χ2v) is 5.24. The number of aromatic nitrogens is 1. The lowest BCUT2D eigenvalue weighted by Gasteiger charge is -2.33. The van der Waals surface area contributed by atoms with Crippen molar-refractivity contribution < 1.29 is 4.74 Å². The molecular formula is C14H22ClN3O. The third-order valence-electron chi connectivity index (χ3n) is 3.39. The number of ether oxygens (including phenoxy) is 1. The monoisotopic (exact) mass is 283 g/mol. The van der Waals surface area contributed by atoms with E-state index in [4.69, 9.17) is 16.3 Å². The highest BCUT2D eigenvalue weighted by atomic mass is 35.5. The van der Waals surface area contributed by atoms with Gasteiger partial charge in [0, 0.05) is 32.4 Å². The normalized spacial score (nSPS) is 19.7. The first-order valence-corrected chi connectivity index (χ1v) is 7.28. The smallest absolute Gasteiger partial charge is 0.128 e.